The van der Waals surface area contributed by atoms with Crippen molar-refractivity contribution in [3.63, 3.8) is 0 Å². The number of benzene rings is 2. The molecular weight excluding hydrogens is 369 g/mol. The maximum Gasteiger partial charge on any atom is 0.285 e. The number of carbonyl (C=O) groups is 1. The zero-order chi connectivity index (χ0) is 19.0. The number of hydrogen-bond donors (Lipinski definition) is 1. The number of anilines is 1. The van der Waals surface area contributed by atoms with Crippen LogP contribution in [0.5, 0.6) is 0 Å². The zero-order valence-electron chi connectivity index (χ0n) is 14.4. The molecule has 0 unspecified atom stereocenters. The van der Waals surface area contributed by atoms with E-state index in [2.05, 4.69) is 9.71 Å². The predicted octanol–water partition coefficient (Wildman–Crippen LogP) is 2.77. The number of rotatable bonds is 2. The van der Waals surface area contributed by atoms with E-state index in [9.17, 15) is 17.6 Å². The number of fused-ring (bicyclic) bond motifs is 1. The van der Waals surface area contributed by atoms with Crippen LogP contribution in [0, 0.1) is 5.82 Å². The van der Waals surface area contributed by atoms with Crippen molar-refractivity contribution >= 4 is 27.5 Å². The predicted molar refractivity (Wildman–Crippen MR) is 99.5 cm³/mol. The molecule has 4 rings (SSSR count). The summed E-state index contributed by atoms with van der Waals surface area (Å²) < 4.78 is 41.7. The first-order valence-corrected chi connectivity index (χ1v) is 10.2. The lowest BCUT2D eigenvalue weighted by molar-refractivity contribution is -0.120. The number of carbonyl (C=O) groups excluding carboxylic acids is 1. The van der Waals surface area contributed by atoms with Crippen LogP contribution >= 0.6 is 0 Å². The van der Waals surface area contributed by atoms with Gasteiger partial charge < -0.3 is 10.2 Å². The number of nitrogens with one attached hydrogen (secondary N) is 1. The number of nitrogens with zero attached hydrogens (tertiary/aromatic N) is 2. The fourth-order valence-electron chi connectivity index (χ4n) is 3.51. The molecule has 2 aliphatic heterocycles. The molecule has 0 spiro atoms. The van der Waals surface area contributed by atoms with E-state index in [4.69, 9.17) is 0 Å². The highest BCUT2D eigenvalue weighted by Gasteiger charge is 2.37. The van der Waals surface area contributed by atoms with Crippen LogP contribution in [-0.4, -0.2) is 37.6 Å². The summed E-state index contributed by atoms with van der Waals surface area (Å²) in [5.74, 6) is -0.315. The first-order valence-electron chi connectivity index (χ1n) is 8.73. The molecule has 1 atom stereocenters. The highest BCUT2D eigenvalue weighted by molar-refractivity contribution is 7.90. The molecule has 0 radical (unpaired) electrons. The van der Waals surface area contributed by atoms with Gasteiger partial charge in [-0.3, -0.25) is 4.79 Å². The summed E-state index contributed by atoms with van der Waals surface area (Å²) in [4.78, 5) is 14.8. The summed E-state index contributed by atoms with van der Waals surface area (Å²) in [5, 5.41) is 2.79. The lowest BCUT2D eigenvalue weighted by Gasteiger charge is -2.36. The molecule has 2 aliphatic rings. The van der Waals surface area contributed by atoms with Crippen molar-refractivity contribution in [2.75, 3.05) is 11.9 Å². The lowest BCUT2D eigenvalue weighted by Crippen LogP contribution is -2.50. The number of amides is 1. The Balaban J connectivity index is 1.64. The molecule has 2 aromatic carbocycles. The fraction of sp³-hybridized carbons (Fsp3) is 0.263. The number of halogens is 1. The first-order chi connectivity index (χ1) is 13.0. The molecule has 6 nitrogen and oxygen atoms in total. The first kappa shape index (κ1) is 17.7. The van der Waals surface area contributed by atoms with Crippen molar-refractivity contribution in [1.82, 2.24) is 4.90 Å². The van der Waals surface area contributed by atoms with Crippen LogP contribution in [0.2, 0.25) is 0 Å². The summed E-state index contributed by atoms with van der Waals surface area (Å²) in [6, 6.07) is 11.7. The maximum absolute atomic E-state index is 13.1. The highest BCUT2D eigenvalue weighted by Crippen LogP contribution is 2.31. The topological polar surface area (TPSA) is 78.8 Å². The Hall–Kier alpha value is -2.74. The van der Waals surface area contributed by atoms with E-state index >= 15 is 0 Å². The SMILES string of the molecule is O=C(Nc1ccc(F)cc1)[C@@H]1CCCCN1C1=NS(=O)(=O)c2ccccc21. The van der Waals surface area contributed by atoms with Crippen molar-refractivity contribution in [2.24, 2.45) is 4.40 Å². The molecule has 0 bridgehead atoms. The Labute approximate surface area is 156 Å². The number of likely N-dealkylation sites (tertiary alicyclic amines) is 1. The lowest BCUT2D eigenvalue weighted by atomic mass is 9.99. The van der Waals surface area contributed by atoms with Gasteiger partial charge in [-0.15, -0.1) is 4.40 Å². The molecule has 8 heteroatoms. The van der Waals surface area contributed by atoms with Gasteiger partial charge in [-0.2, -0.15) is 8.42 Å². The van der Waals surface area contributed by atoms with Gasteiger partial charge in [0.05, 0.1) is 0 Å². The van der Waals surface area contributed by atoms with E-state index in [1.54, 1.807) is 23.1 Å². The van der Waals surface area contributed by atoms with Gasteiger partial charge in [-0.1, -0.05) is 12.1 Å². The molecule has 1 saturated heterocycles. The third-order valence-corrected chi connectivity index (χ3v) is 6.13. The van der Waals surface area contributed by atoms with Crippen molar-refractivity contribution < 1.29 is 17.6 Å². The molecule has 27 heavy (non-hydrogen) atoms. The average molecular weight is 387 g/mol. The minimum atomic E-state index is -3.74. The number of sulfonamides is 1. The second-order valence-electron chi connectivity index (χ2n) is 6.59. The zero-order valence-corrected chi connectivity index (χ0v) is 15.2. The monoisotopic (exact) mass is 387 g/mol. The summed E-state index contributed by atoms with van der Waals surface area (Å²) in [7, 11) is -3.74. The Kier molecular flexibility index (Phi) is 4.43. The summed E-state index contributed by atoms with van der Waals surface area (Å²) in [5.41, 5.74) is 1.02. The fourth-order valence-corrected chi connectivity index (χ4v) is 4.73. The Morgan fingerprint density at radius 3 is 2.63 bits per heavy atom. The van der Waals surface area contributed by atoms with Gasteiger partial charge in [-0.05, 0) is 55.7 Å². The van der Waals surface area contributed by atoms with Crippen LogP contribution < -0.4 is 5.32 Å². The number of piperidine rings is 1. The average Bonchev–Trinajstić information content (AvgIpc) is 2.95. The van der Waals surface area contributed by atoms with Crippen LogP contribution in [0.1, 0.15) is 24.8 Å². The third-order valence-electron chi connectivity index (χ3n) is 4.80. The molecule has 1 amide bonds. The summed E-state index contributed by atoms with van der Waals surface area (Å²) in [6.07, 6.45) is 2.30. The number of amidine groups is 1. The standard InChI is InChI=1S/C19H18FN3O3S/c20-13-8-10-14(11-9-13)21-19(24)16-6-3-4-12-23(16)18-15-5-1-2-7-17(15)27(25,26)22-18/h1-2,5,7-11,16H,3-4,6,12H2,(H,21,24)/t16-/m0/s1. The summed E-state index contributed by atoms with van der Waals surface area (Å²) >= 11 is 0. The quantitative estimate of drug-likeness (QED) is 0.859. The molecular formula is C19H18FN3O3S. The van der Waals surface area contributed by atoms with E-state index < -0.39 is 16.1 Å². The molecule has 1 fully saturated rings. The van der Waals surface area contributed by atoms with Crippen LogP contribution in [0.3, 0.4) is 0 Å². The minimum Gasteiger partial charge on any atom is -0.343 e. The minimum absolute atomic E-state index is 0.170. The summed E-state index contributed by atoms with van der Waals surface area (Å²) in [6.45, 7) is 0.546. The van der Waals surface area contributed by atoms with Crippen LogP contribution in [0.4, 0.5) is 10.1 Å². The van der Waals surface area contributed by atoms with Crippen LogP contribution in [0.15, 0.2) is 57.8 Å². The third kappa shape index (κ3) is 3.32. The van der Waals surface area contributed by atoms with E-state index in [1.807, 2.05) is 0 Å². The molecule has 0 aromatic heterocycles. The van der Waals surface area contributed by atoms with Crippen LogP contribution in [0.25, 0.3) is 0 Å². The van der Waals surface area contributed by atoms with Gasteiger partial charge in [0.25, 0.3) is 10.0 Å². The van der Waals surface area contributed by atoms with Crippen molar-refractivity contribution in [3.8, 4) is 0 Å². The molecule has 0 saturated carbocycles. The van der Waals surface area contributed by atoms with E-state index in [-0.39, 0.29) is 16.6 Å². The Morgan fingerprint density at radius 2 is 1.85 bits per heavy atom. The Bertz CT molecular complexity index is 1020. The normalized spacial score (nSPS) is 20.7. The largest absolute Gasteiger partial charge is 0.343 e. The maximum atomic E-state index is 13.1. The smallest absolute Gasteiger partial charge is 0.285 e. The molecule has 140 valence electrons. The van der Waals surface area contributed by atoms with Crippen molar-refractivity contribution in [3.05, 3.63) is 59.9 Å². The van der Waals surface area contributed by atoms with Gasteiger partial charge in [0.15, 0.2) is 5.84 Å². The van der Waals surface area contributed by atoms with E-state index in [0.717, 1.165) is 12.8 Å². The van der Waals surface area contributed by atoms with Crippen LogP contribution in [-0.2, 0) is 14.8 Å². The van der Waals surface area contributed by atoms with Gasteiger partial charge in [0.2, 0.25) is 5.91 Å². The Morgan fingerprint density at radius 1 is 1.11 bits per heavy atom. The molecule has 2 heterocycles. The van der Waals surface area contributed by atoms with Gasteiger partial charge in [0, 0.05) is 17.8 Å². The second kappa shape index (κ2) is 6.77. The van der Waals surface area contributed by atoms with E-state index in [0.29, 0.717) is 30.1 Å². The van der Waals surface area contributed by atoms with Gasteiger partial charge >= 0.3 is 0 Å². The van der Waals surface area contributed by atoms with Gasteiger partial charge in [-0.25, -0.2) is 4.39 Å². The number of hydrogen-bond acceptors (Lipinski definition) is 4. The second-order valence-corrected chi connectivity index (χ2v) is 8.16. The molecule has 0 aliphatic carbocycles. The molecule has 2 aromatic rings. The van der Waals surface area contributed by atoms with E-state index in [1.165, 1.54) is 30.3 Å². The van der Waals surface area contributed by atoms with Crippen molar-refractivity contribution in [1.29, 1.82) is 0 Å². The highest BCUT2D eigenvalue weighted by atomic mass is 32.2. The molecule has 1 N–H and O–H groups in total. The van der Waals surface area contributed by atoms with Gasteiger partial charge in [0.1, 0.15) is 16.8 Å². The van der Waals surface area contributed by atoms with Crippen molar-refractivity contribution in [2.45, 2.75) is 30.2 Å².